The van der Waals surface area contributed by atoms with Crippen molar-refractivity contribution >= 4 is 28.8 Å². The summed E-state index contributed by atoms with van der Waals surface area (Å²) in [5.74, 6) is 1.69. The first-order chi connectivity index (χ1) is 13.6. The predicted octanol–water partition coefficient (Wildman–Crippen LogP) is 3.14. The van der Waals surface area contributed by atoms with Crippen LogP contribution in [0.5, 0.6) is 5.75 Å². The van der Waals surface area contributed by atoms with Gasteiger partial charge in [0.1, 0.15) is 17.2 Å². The molecule has 8 heteroatoms. The molecule has 28 heavy (non-hydrogen) atoms. The Kier molecular flexibility index (Phi) is 5.12. The van der Waals surface area contributed by atoms with Gasteiger partial charge in [-0.25, -0.2) is 4.98 Å². The number of hydrogen-bond acceptors (Lipinski definition) is 6. The smallest absolute Gasteiger partial charge is 0.265 e. The van der Waals surface area contributed by atoms with Gasteiger partial charge in [0.25, 0.3) is 5.91 Å². The Morgan fingerprint density at radius 3 is 2.96 bits per heavy atom. The molecule has 0 saturated heterocycles. The molecule has 0 spiro atoms. The SMILES string of the molecule is Cc1nc(-c2ccc(CNC(=O)CCN3C(=O)COc4ccccc43)o2)cs1. The summed E-state index contributed by atoms with van der Waals surface area (Å²) in [6.07, 6.45) is 0.193. The molecule has 1 aromatic carbocycles. The van der Waals surface area contributed by atoms with Crippen LogP contribution >= 0.6 is 11.3 Å². The highest BCUT2D eigenvalue weighted by atomic mass is 32.1. The molecule has 1 N–H and O–H groups in total. The van der Waals surface area contributed by atoms with Gasteiger partial charge in [-0.15, -0.1) is 11.3 Å². The van der Waals surface area contributed by atoms with Gasteiger partial charge in [0.2, 0.25) is 5.91 Å². The lowest BCUT2D eigenvalue weighted by Gasteiger charge is -2.29. The monoisotopic (exact) mass is 397 g/mol. The number of benzene rings is 1. The molecular formula is C20H19N3O4S. The number of thiazole rings is 1. The van der Waals surface area contributed by atoms with Gasteiger partial charge < -0.3 is 19.4 Å². The molecule has 3 heterocycles. The quantitative estimate of drug-likeness (QED) is 0.691. The first kappa shape index (κ1) is 18.2. The molecule has 1 aliphatic heterocycles. The maximum Gasteiger partial charge on any atom is 0.265 e. The van der Waals surface area contributed by atoms with Gasteiger partial charge in [0.15, 0.2) is 12.4 Å². The maximum atomic E-state index is 12.2. The van der Waals surface area contributed by atoms with Crippen LogP contribution in [0.4, 0.5) is 5.69 Å². The molecule has 0 aliphatic carbocycles. The third-order valence-corrected chi connectivity index (χ3v) is 5.14. The Morgan fingerprint density at radius 2 is 2.14 bits per heavy atom. The van der Waals surface area contributed by atoms with Crippen molar-refractivity contribution < 1.29 is 18.7 Å². The number of para-hydroxylation sites is 2. The molecule has 2 amide bonds. The number of furan rings is 1. The van der Waals surface area contributed by atoms with E-state index in [4.69, 9.17) is 9.15 Å². The van der Waals surface area contributed by atoms with Gasteiger partial charge in [-0.05, 0) is 31.2 Å². The molecule has 0 fully saturated rings. The van der Waals surface area contributed by atoms with Gasteiger partial charge in [-0.1, -0.05) is 12.1 Å². The van der Waals surface area contributed by atoms with E-state index in [0.29, 0.717) is 29.5 Å². The highest BCUT2D eigenvalue weighted by Gasteiger charge is 2.25. The number of aromatic nitrogens is 1. The number of fused-ring (bicyclic) bond motifs is 1. The average molecular weight is 397 g/mol. The largest absolute Gasteiger partial charge is 0.482 e. The van der Waals surface area contributed by atoms with Crippen LogP contribution in [0.1, 0.15) is 17.2 Å². The van der Waals surface area contributed by atoms with E-state index in [2.05, 4.69) is 10.3 Å². The number of hydrogen-bond donors (Lipinski definition) is 1. The summed E-state index contributed by atoms with van der Waals surface area (Å²) in [5.41, 5.74) is 1.49. The van der Waals surface area contributed by atoms with Crippen LogP contribution in [0.15, 0.2) is 46.2 Å². The van der Waals surface area contributed by atoms with Gasteiger partial charge in [0.05, 0.1) is 17.2 Å². The normalized spacial score (nSPS) is 13.2. The zero-order valence-corrected chi connectivity index (χ0v) is 16.1. The Balaban J connectivity index is 1.31. The minimum atomic E-state index is -0.153. The molecule has 4 rings (SSSR count). The van der Waals surface area contributed by atoms with Crippen molar-refractivity contribution in [2.24, 2.45) is 0 Å². The highest BCUT2D eigenvalue weighted by Crippen LogP contribution is 2.31. The van der Waals surface area contributed by atoms with E-state index in [1.165, 1.54) is 0 Å². The van der Waals surface area contributed by atoms with Crippen LogP contribution in [-0.4, -0.2) is 29.9 Å². The fraction of sp³-hybridized carbons (Fsp3) is 0.250. The number of carbonyl (C=O) groups excluding carboxylic acids is 2. The molecule has 144 valence electrons. The summed E-state index contributed by atoms with van der Waals surface area (Å²) in [6.45, 7) is 2.52. The minimum Gasteiger partial charge on any atom is -0.482 e. The number of carbonyl (C=O) groups is 2. The molecule has 2 aromatic heterocycles. The first-order valence-corrected chi connectivity index (χ1v) is 9.78. The number of rotatable bonds is 6. The first-order valence-electron chi connectivity index (χ1n) is 8.90. The third kappa shape index (κ3) is 3.91. The highest BCUT2D eigenvalue weighted by molar-refractivity contribution is 7.09. The molecule has 0 unspecified atom stereocenters. The molecular weight excluding hydrogens is 378 g/mol. The molecule has 0 saturated carbocycles. The number of aryl methyl sites for hydroxylation is 1. The molecule has 1 aliphatic rings. The van der Waals surface area contributed by atoms with Gasteiger partial charge in [0, 0.05) is 18.3 Å². The molecule has 0 bridgehead atoms. The summed E-state index contributed by atoms with van der Waals surface area (Å²) in [6, 6.07) is 11.0. The van der Waals surface area contributed by atoms with Crippen molar-refractivity contribution in [2.75, 3.05) is 18.1 Å². The summed E-state index contributed by atoms with van der Waals surface area (Å²) in [5, 5.41) is 5.74. The molecule has 0 radical (unpaired) electrons. The van der Waals surface area contributed by atoms with Crippen molar-refractivity contribution in [2.45, 2.75) is 19.9 Å². The second-order valence-corrected chi connectivity index (χ2v) is 7.41. The van der Waals surface area contributed by atoms with Gasteiger partial charge in [-0.2, -0.15) is 0 Å². The zero-order valence-electron chi connectivity index (χ0n) is 15.3. The Bertz CT molecular complexity index is 1010. The fourth-order valence-corrected chi connectivity index (χ4v) is 3.58. The summed E-state index contributed by atoms with van der Waals surface area (Å²) in [4.78, 5) is 30.3. The summed E-state index contributed by atoms with van der Waals surface area (Å²) in [7, 11) is 0. The second-order valence-electron chi connectivity index (χ2n) is 6.35. The van der Waals surface area contributed by atoms with E-state index in [9.17, 15) is 9.59 Å². The lowest BCUT2D eigenvalue weighted by atomic mass is 10.2. The summed E-state index contributed by atoms with van der Waals surface area (Å²) < 4.78 is 11.1. The average Bonchev–Trinajstić information content (AvgIpc) is 3.34. The molecule has 7 nitrogen and oxygen atoms in total. The van der Waals surface area contributed by atoms with Crippen molar-refractivity contribution in [3.63, 3.8) is 0 Å². The minimum absolute atomic E-state index is 0.0100. The van der Waals surface area contributed by atoms with Crippen molar-refractivity contribution in [3.8, 4) is 17.2 Å². The zero-order chi connectivity index (χ0) is 19.5. The van der Waals surface area contributed by atoms with Crippen LogP contribution in [0.2, 0.25) is 0 Å². The van der Waals surface area contributed by atoms with E-state index in [1.807, 2.05) is 48.7 Å². The number of anilines is 1. The Morgan fingerprint density at radius 1 is 1.29 bits per heavy atom. The van der Waals surface area contributed by atoms with Crippen LogP contribution < -0.4 is 15.0 Å². The molecule has 0 atom stereocenters. The number of nitrogens with zero attached hydrogens (tertiary/aromatic N) is 2. The standard InChI is InChI=1S/C20H19N3O4S/c1-13-22-15(12-28-13)17-7-6-14(27-17)10-21-19(24)8-9-23-16-4-2-3-5-18(16)26-11-20(23)25/h2-7,12H,8-11H2,1H3,(H,21,24). The predicted molar refractivity (Wildman–Crippen MR) is 105 cm³/mol. The van der Waals surface area contributed by atoms with E-state index >= 15 is 0 Å². The Hall–Kier alpha value is -3.13. The van der Waals surface area contributed by atoms with Crippen LogP contribution in [-0.2, 0) is 16.1 Å². The molecule has 3 aromatic rings. The van der Waals surface area contributed by atoms with Crippen LogP contribution in [0.25, 0.3) is 11.5 Å². The lowest BCUT2D eigenvalue weighted by molar-refractivity contribution is -0.122. The lowest BCUT2D eigenvalue weighted by Crippen LogP contribution is -2.41. The fourth-order valence-electron chi connectivity index (χ4n) is 2.97. The number of nitrogens with one attached hydrogen (secondary N) is 1. The number of ether oxygens (including phenoxy) is 1. The van der Waals surface area contributed by atoms with Crippen molar-refractivity contribution in [3.05, 3.63) is 52.5 Å². The van der Waals surface area contributed by atoms with E-state index in [1.54, 1.807) is 16.2 Å². The van der Waals surface area contributed by atoms with Crippen LogP contribution in [0.3, 0.4) is 0 Å². The van der Waals surface area contributed by atoms with E-state index in [-0.39, 0.29) is 31.4 Å². The number of amides is 2. The van der Waals surface area contributed by atoms with Crippen molar-refractivity contribution in [1.82, 2.24) is 10.3 Å². The Labute approximate surface area is 165 Å². The second kappa shape index (κ2) is 7.85. The third-order valence-electron chi connectivity index (χ3n) is 4.36. The van der Waals surface area contributed by atoms with Gasteiger partial charge >= 0.3 is 0 Å². The van der Waals surface area contributed by atoms with Crippen LogP contribution in [0, 0.1) is 6.92 Å². The maximum absolute atomic E-state index is 12.2. The van der Waals surface area contributed by atoms with Crippen molar-refractivity contribution in [1.29, 1.82) is 0 Å². The van der Waals surface area contributed by atoms with Gasteiger partial charge in [-0.3, -0.25) is 9.59 Å². The van der Waals surface area contributed by atoms with E-state index < -0.39 is 0 Å². The van der Waals surface area contributed by atoms with E-state index in [0.717, 1.165) is 10.7 Å². The topological polar surface area (TPSA) is 84.7 Å². The summed E-state index contributed by atoms with van der Waals surface area (Å²) >= 11 is 1.56.